The third-order valence-electron chi connectivity index (χ3n) is 3.03. The maximum absolute atomic E-state index is 12.4. The fraction of sp³-hybridized carbons (Fsp3) is 0.267. The van der Waals surface area contributed by atoms with E-state index in [4.69, 9.17) is 17.3 Å². The SMILES string of the molecule is CCCC(NC(=O)c1cc(Cl)ccc1N)c1cccs1. The molecule has 1 unspecified atom stereocenters. The Morgan fingerprint density at radius 2 is 2.25 bits per heavy atom. The summed E-state index contributed by atoms with van der Waals surface area (Å²) < 4.78 is 0. The number of amides is 1. The van der Waals surface area contributed by atoms with Crippen LogP contribution in [0.3, 0.4) is 0 Å². The zero-order chi connectivity index (χ0) is 14.5. The van der Waals surface area contributed by atoms with Crippen LogP contribution >= 0.6 is 22.9 Å². The van der Waals surface area contributed by atoms with Gasteiger partial charge >= 0.3 is 0 Å². The molecule has 5 heteroatoms. The van der Waals surface area contributed by atoms with Crippen molar-refractivity contribution in [2.75, 3.05) is 5.73 Å². The highest BCUT2D eigenvalue weighted by Crippen LogP contribution is 2.25. The van der Waals surface area contributed by atoms with Crippen LogP contribution in [0.25, 0.3) is 0 Å². The second kappa shape index (κ2) is 6.77. The van der Waals surface area contributed by atoms with Gasteiger partial charge in [-0.05, 0) is 36.1 Å². The minimum Gasteiger partial charge on any atom is -0.398 e. The zero-order valence-electron chi connectivity index (χ0n) is 11.2. The van der Waals surface area contributed by atoms with Crippen LogP contribution in [0, 0.1) is 0 Å². The first kappa shape index (κ1) is 14.9. The summed E-state index contributed by atoms with van der Waals surface area (Å²) >= 11 is 7.57. The van der Waals surface area contributed by atoms with E-state index in [2.05, 4.69) is 12.2 Å². The van der Waals surface area contributed by atoms with Gasteiger partial charge in [0.05, 0.1) is 11.6 Å². The van der Waals surface area contributed by atoms with Crippen LogP contribution in [0.15, 0.2) is 35.7 Å². The summed E-state index contributed by atoms with van der Waals surface area (Å²) in [5.41, 5.74) is 6.71. The minimum absolute atomic E-state index is 0.0193. The minimum atomic E-state index is -0.183. The van der Waals surface area contributed by atoms with Crippen LogP contribution in [0.4, 0.5) is 5.69 Å². The van der Waals surface area contributed by atoms with Gasteiger partial charge in [-0.3, -0.25) is 4.79 Å². The molecule has 0 aliphatic heterocycles. The van der Waals surface area contributed by atoms with Crippen LogP contribution in [-0.4, -0.2) is 5.91 Å². The first-order chi connectivity index (χ1) is 9.61. The summed E-state index contributed by atoms with van der Waals surface area (Å²) in [6.45, 7) is 2.10. The van der Waals surface area contributed by atoms with E-state index in [1.165, 1.54) is 0 Å². The maximum atomic E-state index is 12.4. The van der Waals surface area contributed by atoms with Gasteiger partial charge in [-0.2, -0.15) is 0 Å². The first-order valence-electron chi connectivity index (χ1n) is 6.51. The Morgan fingerprint density at radius 1 is 1.45 bits per heavy atom. The number of halogens is 1. The largest absolute Gasteiger partial charge is 0.398 e. The molecule has 2 aromatic rings. The highest BCUT2D eigenvalue weighted by atomic mass is 35.5. The number of carbonyl (C=O) groups is 1. The average molecular weight is 309 g/mol. The molecule has 106 valence electrons. The van der Waals surface area contributed by atoms with Crippen molar-refractivity contribution < 1.29 is 4.79 Å². The number of anilines is 1. The Kier molecular flexibility index (Phi) is 5.04. The topological polar surface area (TPSA) is 55.1 Å². The molecule has 1 heterocycles. The second-order valence-corrected chi connectivity index (χ2v) is 5.98. The Hall–Kier alpha value is -1.52. The Morgan fingerprint density at radius 3 is 2.90 bits per heavy atom. The number of nitrogens with one attached hydrogen (secondary N) is 1. The molecule has 2 rings (SSSR count). The summed E-state index contributed by atoms with van der Waals surface area (Å²) in [6.07, 6.45) is 1.89. The van der Waals surface area contributed by atoms with E-state index < -0.39 is 0 Å². The van der Waals surface area contributed by atoms with Crippen molar-refractivity contribution in [3.8, 4) is 0 Å². The summed E-state index contributed by atoms with van der Waals surface area (Å²) in [5, 5.41) is 5.56. The van der Waals surface area contributed by atoms with Crippen LogP contribution in [0.5, 0.6) is 0 Å². The van der Waals surface area contributed by atoms with Crippen molar-refractivity contribution >= 4 is 34.5 Å². The molecule has 1 amide bonds. The van der Waals surface area contributed by atoms with E-state index in [0.717, 1.165) is 17.7 Å². The van der Waals surface area contributed by atoms with E-state index in [9.17, 15) is 4.79 Å². The van der Waals surface area contributed by atoms with Crippen molar-refractivity contribution in [2.24, 2.45) is 0 Å². The summed E-state index contributed by atoms with van der Waals surface area (Å²) in [7, 11) is 0. The highest BCUT2D eigenvalue weighted by molar-refractivity contribution is 7.10. The van der Waals surface area contributed by atoms with Crippen molar-refractivity contribution in [1.29, 1.82) is 0 Å². The number of nitrogens with two attached hydrogens (primary N) is 1. The summed E-state index contributed by atoms with van der Waals surface area (Å²) in [5.74, 6) is -0.183. The fourth-order valence-corrected chi connectivity index (χ4v) is 3.01. The summed E-state index contributed by atoms with van der Waals surface area (Å²) in [6, 6.07) is 8.97. The molecule has 0 saturated carbocycles. The predicted molar refractivity (Wildman–Crippen MR) is 85.3 cm³/mol. The normalized spacial score (nSPS) is 12.1. The van der Waals surface area contributed by atoms with Gasteiger partial charge in [0.25, 0.3) is 5.91 Å². The predicted octanol–water partition coefficient (Wildman–Crippen LogP) is 4.25. The van der Waals surface area contributed by atoms with Gasteiger partial charge in [0, 0.05) is 15.6 Å². The van der Waals surface area contributed by atoms with Gasteiger partial charge < -0.3 is 11.1 Å². The van der Waals surface area contributed by atoms with Crippen molar-refractivity contribution in [2.45, 2.75) is 25.8 Å². The maximum Gasteiger partial charge on any atom is 0.253 e. The zero-order valence-corrected chi connectivity index (χ0v) is 12.8. The molecule has 0 aliphatic rings. The number of nitrogen functional groups attached to an aromatic ring is 1. The van der Waals surface area contributed by atoms with Crippen molar-refractivity contribution in [3.05, 3.63) is 51.2 Å². The number of rotatable bonds is 5. The lowest BCUT2D eigenvalue weighted by atomic mass is 10.1. The molecule has 0 spiro atoms. The van der Waals surface area contributed by atoms with Gasteiger partial charge in [-0.1, -0.05) is 31.0 Å². The van der Waals surface area contributed by atoms with Crippen LogP contribution in [-0.2, 0) is 0 Å². The molecule has 1 atom stereocenters. The van der Waals surface area contributed by atoms with E-state index in [1.54, 1.807) is 29.5 Å². The smallest absolute Gasteiger partial charge is 0.253 e. The number of hydrogen-bond donors (Lipinski definition) is 2. The second-order valence-electron chi connectivity index (χ2n) is 4.56. The number of carbonyl (C=O) groups excluding carboxylic acids is 1. The van der Waals surface area contributed by atoms with Crippen LogP contribution in [0.2, 0.25) is 5.02 Å². The first-order valence-corrected chi connectivity index (χ1v) is 7.77. The standard InChI is InChI=1S/C15H17ClN2OS/c1-2-4-13(14-5-3-8-20-14)18-15(19)11-9-10(16)6-7-12(11)17/h3,5-9,13H,2,4,17H2,1H3,(H,18,19). The molecule has 1 aromatic heterocycles. The number of thiophene rings is 1. The highest BCUT2D eigenvalue weighted by Gasteiger charge is 2.17. The lowest BCUT2D eigenvalue weighted by Gasteiger charge is -2.17. The average Bonchev–Trinajstić information content (AvgIpc) is 2.95. The molecule has 0 fully saturated rings. The van der Waals surface area contributed by atoms with Gasteiger partial charge in [0.2, 0.25) is 0 Å². The molecule has 0 bridgehead atoms. The lowest BCUT2D eigenvalue weighted by Crippen LogP contribution is -2.28. The lowest BCUT2D eigenvalue weighted by molar-refractivity contribution is 0.0936. The molecule has 0 aliphatic carbocycles. The molecule has 0 saturated heterocycles. The van der Waals surface area contributed by atoms with E-state index >= 15 is 0 Å². The van der Waals surface area contributed by atoms with Gasteiger partial charge in [-0.15, -0.1) is 11.3 Å². The Balaban J connectivity index is 2.18. The van der Waals surface area contributed by atoms with Gasteiger partial charge in [0.1, 0.15) is 0 Å². The van der Waals surface area contributed by atoms with Gasteiger partial charge in [-0.25, -0.2) is 0 Å². The molecule has 3 N–H and O–H groups in total. The molecular formula is C15H17ClN2OS. The van der Waals surface area contributed by atoms with Gasteiger partial charge in [0.15, 0.2) is 0 Å². The third-order valence-corrected chi connectivity index (χ3v) is 4.25. The molecular weight excluding hydrogens is 292 g/mol. The van der Waals surface area contributed by atoms with E-state index in [-0.39, 0.29) is 11.9 Å². The van der Waals surface area contributed by atoms with Crippen LogP contribution < -0.4 is 11.1 Å². The van der Waals surface area contributed by atoms with E-state index in [1.807, 2.05) is 17.5 Å². The number of benzene rings is 1. The molecule has 3 nitrogen and oxygen atoms in total. The number of hydrogen-bond acceptors (Lipinski definition) is 3. The molecule has 20 heavy (non-hydrogen) atoms. The van der Waals surface area contributed by atoms with E-state index in [0.29, 0.717) is 16.3 Å². The Labute approximate surface area is 127 Å². The quantitative estimate of drug-likeness (QED) is 0.811. The molecule has 1 aromatic carbocycles. The van der Waals surface area contributed by atoms with Crippen molar-refractivity contribution in [3.63, 3.8) is 0 Å². The fourth-order valence-electron chi connectivity index (χ4n) is 2.02. The van der Waals surface area contributed by atoms with Crippen molar-refractivity contribution in [1.82, 2.24) is 5.32 Å². The third kappa shape index (κ3) is 3.52. The molecule has 0 radical (unpaired) electrons. The summed E-state index contributed by atoms with van der Waals surface area (Å²) in [4.78, 5) is 13.5. The van der Waals surface area contributed by atoms with Crippen LogP contribution in [0.1, 0.15) is 41.0 Å². The monoisotopic (exact) mass is 308 g/mol. The Bertz CT molecular complexity index is 584.